The molecule has 0 spiro atoms. The predicted molar refractivity (Wildman–Crippen MR) is 128 cm³/mol. The van der Waals surface area contributed by atoms with Gasteiger partial charge >= 0.3 is 0 Å². The number of benzene rings is 2. The molecule has 1 aromatic heterocycles. The second-order valence-electron chi connectivity index (χ2n) is 8.72. The van der Waals surface area contributed by atoms with Crippen molar-refractivity contribution >= 4 is 11.6 Å². The molecule has 1 aliphatic rings. The third-order valence-electron chi connectivity index (χ3n) is 5.81. The Morgan fingerprint density at radius 2 is 1.91 bits per heavy atom. The third kappa shape index (κ3) is 5.96. The second kappa shape index (κ2) is 10.6. The van der Waals surface area contributed by atoms with Gasteiger partial charge in [0.2, 0.25) is 0 Å². The van der Waals surface area contributed by atoms with E-state index in [4.69, 9.17) is 4.74 Å². The molecule has 172 valence electrons. The summed E-state index contributed by atoms with van der Waals surface area (Å²) in [5.41, 5.74) is 2.30. The Morgan fingerprint density at radius 3 is 2.61 bits per heavy atom. The van der Waals surface area contributed by atoms with Crippen LogP contribution in [-0.4, -0.2) is 41.0 Å². The van der Waals surface area contributed by atoms with Crippen LogP contribution in [0.25, 0.3) is 0 Å². The number of piperidine rings is 1. The molecule has 1 aliphatic heterocycles. The number of hydrogen-bond donors (Lipinski definition) is 0. The highest BCUT2D eigenvalue weighted by Crippen LogP contribution is 2.27. The minimum absolute atomic E-state index is 0.00800. The molecule has 0 unspecified atom stereocenters. The Bertz CT molecular complexity index is 1070. The van der Waals surface area contributed by atoms with Gasteiger partial charge in [-0.15, -0.1) is 0 Å². The summed E-state index contributed by atoms with van der Waals surface area (Å²) >= 11 is 0. The van der Waals surface area contributed by atoms with Crippen LogP contribution in [0.3, 0.4) is 0 Å². The molecule has 0 saturated carbocycles. The Labute approximate surface area is 194 Å². The van der Waals surface area contributed by atoms with Crippen LogP contribution in [0.1, 0.15) is 42.6 Å². The minimum atomic E-state index is -0.350. The van der Waals surface area contributed by atoms with E-state index >= 15 is 0 Å². The number of aromatic nitrogens is 1. The third-order valence-corrected chi connectivity index (χ3v) is 5.81. The molecule has 0 aliphatic carbocycles. The molecule has 1 amide bonds. The van der Waals surface area contributed by atoms with E-state index in [-0.39, 0.29) is 23.9 Å². The van der Waals surface area contributed by atoms with E-state index in [9.17, 15) is 9.18 Å². The largest absolute Gasteiger partial charge is 0.491 e. The zero-order valence-corrected chi connectivity index (χ0v) is 19.2. The lowest BCUT2D eigenvalue weighted by atomic mass is 10.00. The van der Waals surface area contributed by atoms with Gasteiger partial charge < -0.3 is 9.64 Å². The molecule has 4 rings (SSSR count). The van der Waals surface area contributed by atoms with Gasteiger partial charge in [-0.3, -0.25) is 14.7 Å². The first-order chi connectivity index (χ1) is 16.0. The SMILES string of the molecule is CC(C)Oc1cccc(CN2CCC(N(C(=O)c3cccnc3)c3cccc(F)c3)CC2)c1. The smallest absolute Gasteiger partial charge is 0.260 e. The second-order valence-corrected chi connectivity index (χ2v) is 8.72. The number of carbonyl (C=O) groups excluding carboxylic acids is 1. The number of nitrogens with zero attached hydrogens (tertiary/aromatic N) is 3. The number of ether oxygens (including phenoxy) is 1. The lowest BCUT2D eigenvalue weighted by molar-refractivity contribution is 0.0958. The van der Waals surface area contributed by atoms with Crippen molar-refractivity contribution in [1.29, 1.82) is 0 Å². The number of rotatable bonds is 7. The first kappa shape index (κ1) is 22.9. The Balaban J connectivity index is 1.47. The fourth-order valence-electron chi connectivity index (χ4n) is 4.33. The molecule has 3 aromatic rings. The standard InChI is InChI=1S/C27H30FN3O2/c1-20(2)33-26-10-3-6-21(16-26)19-30-14-11-24(12-15-30)31(25-9-4-8-23(28)17-25)27(32)22-7-5-13-29-18-22/h3-10,13,16-18,20,24H,11-12,14-15,19H2,1-2H3. The lowest BCUT2D eigenvalue weighted by Gasteiger charge is -2.38. The van der Waals surface area contributed by atoms with Crippen molar-refractivity contribution in [2.75, 3.05) is 18.0 Å². The van der Waals surface area contributed by atoms with Gasteiger partial charge in [0.15, 0.2) is 0 Å². The fraction of sp³-hybridized carbons (Fsp3) is 0.333. The summed E-state index contributed by atoms with van der Waals surface area (Å²) in [4.78, 5) is 21.6. The number of hydrogen-bond acceptors (Lipinski definition) is 4. The zero-order chi connectivity index (χ0) is 23.2. The molecule has 1 saturated heterocycles. The van der Waals surface area contributed by atoms with Crippen molar-refractivity contribution < 1.29 is 13.9 Å². The van der Waals surface area contributed by atoms with Crippen molar-refractivity contribution in [2.45, 2.75) is 45.4 Å². The lowest BCUT2D eigenvalue weighted by Crippen LogP contribution is -2.47. The highest BCUT2D eigenvalue weighted by atomic mass is 19.1. The number of anilines is 1. The monoisotopic (exact) mass is 447 g/mol. The maximum atomic E-state index is 14.0. The van der Waals surface area contributed by atoms with Crippen LogP contribution in [0.5, 0.6) is 5.75 Å². The molecule has 0 bridgehead atoms. The molecule has 2 aromatic carbocycles. The highest BCUT2D eigenvalue weighted by molar-refractivity contribution is 6.06. The molecule has 33 heavy (non-hydrogen) atoms. The maximum Gasteiger partial charge on any atom is 0.260 e. The van der Waals surface area contributed by atoms with Gasteiger partial charge in [-0.1, -0.05) is 18.2 Å². The first-order valence-electron chi connectivity index (χ1n) is 11.5. The quantitative estimate of drug-likeness (QED) is 0.492. The summed E-state index contributed by atoms with van der Waals surface area (Å²) in [6, 6.07) is 18.0. The van der Waals surface area contributed by atoms with Crippen LogP contribution < -0.4 is 9.64 Å². The van der Waals surface area contributed by atoms with Gasteiger partial charge in [-0.25, -0.2) is 4.39 Å². The van der Waals surface area contributed by atoms with E-state index in [0.717, 1.165) is 38.2 Å². The van der Waals surface area contributed by atoms with Crippen LogP contribution in [0, 0.1) is 5.82 Å². The molecule has 2 heterocycles. The average molecular weight is 448 g/mol. The summed E-state index contributed by atoms with van der Waals surface area (Å²) in [5, 5.41) is 0. The van der Waals surface area contributed by atoms with E-state index in [1.165, 1.54) is 17.7 Å². The van der Waals surface area contributed by atoms with E-state index in [2.05, 4.69) is 22.0 Å². The number of pyridine rings is 1. The Kier molecular flexibility index (Phi) is 7.35. The highest BCUT2D eigenvalue weighted by Gasteiger charge is 2.30. The molecule has 0 radical (unpaired) electrons. The van der Waals surface area contributed by atoms with Crippen LogP contribution in [0.2, 0.25) is 0 Å². The molecule has 0 N–H and O–H groups in total. The summed E-state index contributed by atoms with van der Waals surface area (Å²) < 4.78 is 19.8. The molecule has 6 heteroatoms. The van der Waals surface area contributed by atoms with Gasteiger partial charge in [0.1, 0.15) is 11.6 Å². The normalized spacial score (nSPS) is 14.9. The van der Waals surface area contributed by atoms with Gasteiger partial charge in [-0.2, -0.15) is 0 Å². The predicted octanol–water partition coefficient (Wildman–Crippen LogP) is 5.32. The number of carbonyl (C=O) groups is 1. The van der Waals surface area contributed by atoms with E-state index in [0.29, 0.717) is 11.3 Å². The molecule has 0 atom stereocenters. The number of amides is 1. The zero-order valence-electron chi connectivity index (χ0n) is 19.2. The Morgan fingerprint density at radius 1 is 1.12 bits per heavy atom. The van der Waals surface area contributed by atoms with E-state index in [1.54, 1.807) is 41.6 Å². The average Bonchev–Trinajstić information content (AvgIpc) is 2.81. The Hall–Kier alpha value is -3.25. The van der Waals surface area contributed by atoms with Crippen LogP contribution in [0.15, 0.2) is 73.1 Å². The van der Waals surface area contributed by atoms with E-state index < -0.39 is 0 Å². The molecular formula is C27H30FN3O2. The van der Waals surface area contributed by atoms with Gasteiger partial charge in [0.05, 0.1) is 11.7 Å². The molecule has 5 nitrogen and oxygen atoms in total. The van der Waals surface area contributed by atoms with Gasteiger partial charge in [0, 0.05) is 43.8 Å². The fourth-order valence-corrected chi connectivity index (χ4v) is 4.33. The summed E-state index contributed by atoms with van der Waals surface area (Å²) in [5.74, 6) is 0.389. The van der Waals surface area contributed by atoms with Crippen LogP contribution in [0.4, 0.5) is 10.1 Å². The maximum absolute atomic E-state index is 14.0. The van der Waals surface area contributed by atoms with Crippen molar-refractivity contribution in [3.05, 3.63) is 90.0 Å². The minimum Gasteiger partial charge on any atom is -0.491 e. The molecule has 1 fully saturated rings. The van der Waals surface area contributed by atoms with Crippen molar-refractivity contribution in [1.82, 2.24) is 9.88 Å². The number of halogens is 1. The van der Waals surface area contributed by atoms with Crippen LogP contribution in [-0.2, 0) is 6.54 Å². The summed E-state index contributed by atoms with van der Waals surface area (Å²) in [6.07, 6.45) is 4.97. The topological polar surface area (TPSA) is 45.7 Å². The summed E-state index contributed by atoms with van der Waals surface area (Å²) in [6.45, 7) is 6.58. The van der Waals surface area contributed by atoms with Crippen molar-refractivity contribution in [3.8, 4) is 5.75 Å². The van der Waals surface area contributed by atoms with E-state index in [1.807, 2.05) is 26.0 Å². The van der Waals surface area contributed by atoms with Gasteiger partial charge in [-0.05, 0) is 74.7 Å². The molecular weight excluding hydrogens is 417 g/mol. The van der Waals surface area contributed by atoms with Crippen LogP contribution >= 0.6 is 0 Å². The van der Waals surface area contributed by atoms with Crippen molar-refractivity contribution in [2.24, 2.45) is 0 Å². The summed E-state index contributed by atoms with van der Waals surface area (Å²) in [7, 11) is 0. The first-order valence-corrected chi connectivity index (χ1v) is 11.5. The number of likely N-dealkylation sites (tertiary alicyclic amines) is 1. The van der Waals surface area contributed by atoms with Gasteiger partial charge in [0.25, 0.3) is 5.91 Å². The van der Waals surface area contributed by atoms with Crippen molar-refractivity contribution in [3.63, 3.8) is 0 Å².